The fourth-order valence-corrected chi connectivity index (χ4v) is 3.85. The second-order valence-corrected chi connectivity index (χ2v) is 6.83. The molecule has 0 bridgehead atoms. The van der Waals surface area contributed by atoms with Gasteiger partial charge in [0.1, 0.15) is 5.75 Å². The van der Waals surface area contributed by atoms with E-state index in [-0.39, 0.29) is 6.04 Å². The predicted molar refractivity (Wildman–Crippen MR) is 88.1 cm³/mol. The maximum atomic E-state index is 6.40. The van der Waals surface area contributed by atoms with Crippen molar-refractivity contribution in [2.75, 3.05) is 6.61 Å². The van der Waals surface area contributed by atoms with Gasteiger partial charge >= 0.3 is 0 Å². The number of nitrogens with two attached hydrogens (primary N) is 1. The Morgan fingerprint density at radius 1 is 1.00 bits per heavy atom. The van der Waals surface area contributed by atoms with Gasteiger partial charge in [-0.1, -0.05) is 44.0 Å². The molecule has 3 rings (SSSR count). The lowest BCUT2D eigenvalue weighted by Gasteiger charge is -2.20. The quantitative estimate of drug-likeness (QED) is 0.805. The van der Waals surface area contributed by atoms with Gasteiger partial charge in [0.05, 0.1) is 12.6 Å². The summed E-state index contributed by atoms with van der Waals surface area (Å²) in [4.78, 5) is 0. The number of halogens is 2. The monoisotopic (exact) mass is 395 g/mol. The van der Waals surface area contributed by atoms with Crippen molar-refractivity contribution in [3.8, 4) is 5.75 Å². The van der Waals surface area contributed by atoms with Gasteiger partial charge in [-0.3, -0.25) is 0 Å². The van der Waals surface area contributed by atoms with Crippen LogP contribution in [0.3, 0.4) is 0 Å². The molecule has 0 aliphatic carbocycles. The van der Waals surface area contributed by atoms with Crippen LogP contribution in [-0.4, -0.2) is 6.61 Å². The normalized spacial score (nSPS) is 15.3. The average Bonchev–Trinajstić information content (AvgIpc) is 2.45. The third-order valence-corrected chi connectivity index (χ3v) is 4.45. The molecule has 2 aromatic rings. The number of benzene rings is 2. The van der Waals surface area contributed by atoms with Gasteiger partial charge in [0.2, 0.25) is 0 Å². The summed E-state index contributed by atoms with van der Waals surface area (Å²) in [5.74, 6) is 1.00. The Morgan fingerprint density at radius 3 is 2.50 bits per heavy atom. The van der Waals surface area contributed by atoms with E-state index in [0.717, 1.165) is 45.3 Å². The lowest BCUT2D eigenvalue weighted by molar-refractivity contribution is 0.288. The Bertz CT molecular complexity index is 622. The van der Waals surface area contributed by atoms with Crippen molar-refractivity contribution in [3.63, 3.8) is 0 Å². The summed E-state index contributed by atoms with van der Waals surface area (Å²) < 4.78 is 7.70. The maximum absolute atomic E-state index is 6.40. The van der Waals surface area contributed by atoms with Crippen LogP contribution in [0.1, 0.15) is 29.2 Å². The minimum absolute atomic E-state index is 0.129. The van der Waals surface area contributed by atoms with E-state index in [2.05, 4.69) is 56.1 Å². The largest absolute Gasteiger partial charge is 0.493 e. The third-order valence-electron chi connectivity index (χ3n) is 3.54. The number of fused-ring (bicyclic) bond motifs is 1. The lowest BCUT2D eigenvalue weighted by Crippen LogP contribution is -2.14. The number of rotatable bonds is 2. The molecule has 0 fully saturated rings. The summed E-state index contributed by atoms with van der Waals surface area (Å²) in [7, 11) is 0. The van der Waals surface area contributed by atoms with Crippen molar-refractivity contribution in [2.24, 2.45) is 5.73 Å². The van der Waals surface area contributed by atoms with E-state index in [1.165, 1.54) is 5.56 Å². The van der Waals surface area contributed by atoms with Crippen LogP contribution in [0.25, 0.3) is 0 Å². The van der Waals surface area contributed by atoms with Crippen LogP contribution in [0, 0.1) is 0 Å². The summed E-state index contributed by atoms with van der Waals surface area (Å²) in [6.45, 7) is 0.816. The summed E-state index contributed by atoms with van der Waals surface area (Å²) >= 11 is 7.02. The van der Waals surface area contributed by atoms with Crippen molar-refractivity contribution >= 4 is 31.9 Å². The van der Waals surface area contributed by atoms with E-state index in [0.29, 0.717) is 0 Å². The highest BCUT2D eigenvalue weighted by molar-refractivity contribution is 9.11. The number of hydrogen-bond acceptors (Lipinski definition) is 2. The van der Waals surface area contributed by atoms with Crippen molar-refractivity contribution < 1.29 is 4.74 Å². The van der Waals surface area contributed by atoms with E-state index in [4.69, 9.17) is 10.5 Å². The van der Waals surface area contributed by atoms with E-state index in [9.17, 15) is 0 Å². The zero-order valence-corrected chi connectivity index (χ0v) is 14.1. The Labute approximate surface area is 135 Å². The summed E-state index contributed by atoms with van der Waals surface area (Å²) in [5.41, 5.74) is 9.88. The Morgan fingerprint density at radius 2 is 1.75 bits per heavy atom. The molecular formula is C16H15Br2NO. The smallest absolute Gasteiger partial charge is 0.122 e. The molecule has 1 unspecified atom stereocenters. The first kappa shape index (κ1) is 14.1. The predicted octanol–water partition coefficient (Wildman–Crippen LogP) is 4.58. The fraction of sp³-hybridized carbons (Fsp3) is 0.250. The molecular weight excluding hydrogens is 382 g/mol. The summed E-state index contributed by atoms with van der Waals surface area (Å²) in [6.07, 6.45) is 2.15. The minimum atomic E-state index is -0.129. The first-order chi connectivity index (χ1) is 9.63. The first-order valence-corrected chi connectivity index (χ1v) is 8.19. The summed E-state index contributed by atoms with van der Waals surface area (Å²) in [6, 6.07) is 12.3. The van der Waals surface area contributed by atoms with E-state index < -0.39 is 0 Å². The third kappa shape index (κ3) is 2.92. The van der Waals surface area contributed by atoms with Crippen molar-refractivity contribution in [2.45, 2.75) is 18.9 Å². The van der Waals surface area contributed by atoms with Gasteiger partial charge in [-0.2, -0.15) is 0 Å². The molecule has 2 N–H and O–H groups in total. The highest BCUT2D eigenvalue weighted by atomic mass is 79.9. The second-order valence-electron chi connectivity index (χ2n) is 5.00. The number of hydrogen-bond donors (Lipinski definition) is 1. The van der Waals surface area contributed by atoms with Crippen molar-refractivity contribution in [1.82, 2.24) is 0 Å². The molecule has 1 aliphatic heterocycles. The van der Waals surface area contributed by atoms with Gasteiger partial charge in [0.15, 0.2) is 0 Å². The minimum Gasteiger partial charge on any atom is -0.493 e. The molecule has 4 heteroatoms. The van der Waals surface area contributed by atoms with Crippen LogP contribution >= 0.6 is 31.9 Å². The SMILES string of the molecule is NC(c1cc(Br)cc(Br)c1)c1ccc2c(c1)CCCO2. The summed E-state index contributed by atoms with van der Waals surface area (Å²) in [5, 5.41) is 0. The topological polar surface area (TPSA) is 35.2 Å². The van der Waals surface area contributed by atoms with Crippen LogP contribution in [0.4, 0.5) is 0 Å². The standard InChI is InChI=1S/C16H15Br2NO/c17-13-7-12(8-14(18)9-13)16(19)11-3-4-15-10(6-11)2-1-5-20-15/h3-4,6-9,16H,1-2,5,19H2. The van der Waals surface area contributed by atoms with Gasteiger partial charge in [0, 0.05) is 8.95 Å². The molecule has 0 aromatic heterocycles. The van der Waals surface area contributed by atoms with Gasteiger partial charge in [-0.15, -0.1) is 0 Å². The molecule has 1 heterocycles. The van der Waals surface area contributed by atoms with E-state index in [1.807, 2.05) is 12.1 Å². The van der Waals surface area contributed by atoms with Crippen molar-refractivity contribution in [3.05, 3.63) is 62.0 Å². The molecule has 2 nitrogen and oxygen atoms in total. The van der Waals surface area contributed by atoms with Crippen LogP contribution < -0.4 is 10.5 Å². The highest BCUT2D eigenvalue weighted by Crippen LogP contribution is 2.31. The average molecular weight is 397 g/mol. The maximum Gasteiger partial charge on any atom is 0.122 e. The Balaban J connectivity index is 1.95. The van der Waals surface area contributed by atoms with Gasteiger partial charge in [0.25, 0.3) is 0 Å². The zero-order valence-electron chi connectivity index (χ0n) is 10.9. The van der Waals surface area contributed by atoms with Gasteiger partial charge in [-0.25, -0.2) is 0 Å². The Kier molecular flexibility index (Phi) is 4.15. The van der Waals surface area contributed by atoms with Crippen LogP contribution in [-0.2, 0) is 6.42 Å². The zero-order chi connectivity index (χ0) is 14.1. The van der Waals surface area contributed by atoms with Gasteiger partial charge in [-0.05, 0) is 53.8 Å². The number of aryl methyl sites for hydroxylation is 1. The van der Waals surface area contributed by atoms with Gasteiger partial charge < -0.3 is 10.5 Å². The Hall–Kier alpha value is -0.840. The van der Waals surface area contributed by atoms with E-state index in [1.54, 1.807) is 0 Å². The lowest BCUT2D eigenvalue weighted by atomic mass is 9.95. The number of ether oxygens (including phenoxy) is 1. The molecule has 2 aromatic carbocycles. The molecule has 0 amide bonds. The van der Waals surface area contributed by atoms with Crippen molar-refractivity contribution in [1.29, 1.82) is 0 Å². The molecule has 1 atom stereocenters. The van der Waals surface area contributed by atoms with E-state index >= 15 is 0 Å². The molecule has 0 saturated heterocycles. The molecule has 0 radical (unpaired) electrons. The van der Waals surface area contributed by atoms with Crippen LogP contribution in [0.2, 0.25) is 0 Å². The van der Waals surface area contributed by atoms with Crippen LogP contribution in [0.5, 0.6) is 5.75 Å². The highest BCUT2D eigenvalue weighted by Gasteiger charge is 2.15. The molecule has 0 saturated carbocycles. The fourth-order valence-electron chi connectivity index (χ4n) is 2.52. The van der Waals surface area contributed by atoms with Crippen LogP contribution in [0.15, 0.2) is 45.3 Å². The first-order valence-electron chi connectivity index (χ1n) is 6.61. The molecule has 0 spiro atoms. The molecule has 1 aliphatic rings. The molecule has 20 heavy (non-hydrogen) atoms. The second kappa shape index (κ2) is 5.88. The molecule has 104 valence electrons.